The van der Waals surface area contributed by atoms with E-state index in [9.17, 15) is 17.6 Å². The SMILES string of the molecule is Cc1c(F)c(F)c(F)c(F)c1Cc1ccccc1. The third kappa shape index (κ3) is 2.10. The predicted molar refractivity (Wildman–Crippen MR) is 60.3 cm³/mol. The summed E-state index contributed by atoms with van der Waals surface area (Å²) in [5.74, 6) is -6.18. The lowest BCUT2D eigenvalue weighted by atomic mass is 9.99. The molecule has 0 unspecified atom stereocenters. The van der Waals surface area contributed by atoms with Crippen molar-refractivity contribution in [1.82, 2.24) is 0 Å². The van der Waals surface area contributed by atoms with Crippen molar-refractivity contribution in [3.63, 3.8) is 0 Å². The maximum atomic E-state index is 13.6. The van der Waals surface area contributed by atoms with Crippen LogP contribution in [0.25, 0.3) is 0 Å². The summed E-state index contributed by atoms with van der Waals surface area (Å²) >= 11 is 0. The summed E-state index contributed by atoms with van der Waals surface area (Å²) in [7, 11) is 0. The van der Waals surface area contributed by atoms with Crippen molar-refractivity contribution in [2.45, 2.75) is 13.3 Å². The Balaban J connectivity index is 2.52. The first kappa shape index (κ1) is 12.6. The first-order chi connectivity index (χ1) is 8.52. The molecule has 0 aromatic heterocycles. The van der Waals surface area contributed by atoms with E-state index in [1.165, 1.54) is 6.92 Å². The average Bonchev–Trinajstić information content (AvgIpc) is 2.40. The zero-order chi connectivity index (χ0) is 13.3. The quantitative estimate of drug-likeness (QED) is 0.429. The van der Waals surface area contributed by atoms with Crippen molar-refractivity contribution in [2.24, 2.45) is 0 Å². The monoisotopic (exact) mass is 254 g/mol. The topological polar surface area (TPSA) is 0 Å². The van der Waals surface area contributed by atoms with Gasteiger partial charge in [0, 0.05) is 12.0 Å². The van der Waals surface area contributed by atoms with Gasteiger partial charge < -0.3 is 0 Å². The van der Waals surface area contributed by atoms with Gasteiger partial charge in [-0.3, -0.25) is 0 Å². The van der Waals surface area contributed by atoms with Gasteiger partial charge in [-0.25, -0.2) is 17.6 Å². The van der Waals surface area contributed by atoms with Gasteiger partial charge in [0.1, 0.15) is 0 Å². The second kappa shape index (κ2) is 4.80. The van der Waals surface area contributed by atoms with Crippen LogP contribution in [0.3, 0.4) is 0 Å². The summed E-state index contributed by atoms with van der Waals surface area (Å²) in [5.41, 5.74) is 0.345. The highest BCUT2D eigenvalue weighted by Crippen LogP contribution is 2.25. The molecule has 0 N–H and O–H groups in total. The lowest BCUT2D eigenvalue weighted by Gasteiger charge is -2.10. The Morgan fingerprint density at radius 1 is 0.778 bits per heavy atom. The minimum Gasteiger partial charge on any atom is -0.203 e. The van der Waals surface area contributed by atoms with Gasteiger partial charge in [0.15, 0.2) is 23.3 Å². The third-order valence-electron chi connectivity index (χ3n) is 2.85. The first-order valence-corrected chi connectivity index (χ1v) is 5.37. The van der Waals surface area contributed by atoms with Crippen LogP contribution in [-0.4, -0.2) is 0 Å². The predicted octanol–water partition coefficient (Wildman–Crippen LogP) is 4.14. The van der Waals surface area contributed by atoms with Crippen LogP contribution in [0.5, 0.6) is 0 Å². The molecule has 2 aromatic rings. The van der Waals surface area contributed by atoms with Crippen LogP contribution >= 0.6 is 0 Å². The van der Waals surface area contributed by atoms with Gasteiger partial charge >= 0.3 is 0 Å². The molecule has 0 aliphatic rings. The van der Waals surface area contributed by atoms with E-state index < -0.39 is 23.3 Å². The number of benzene rings is 2. The van der Waals surface area contributed by atoms with Gasteiger partial charge in [0.25, 0.3) is 0 Å². The molecule has 0 atom stereocenters. The summed E-state index contributed by atoms with van der Waals surface area (Å²) in [6.07, 6.45) is 0.0205. The van der Waals surface area contributed by atoms with E-state index in [0.29, 0.717) is 5.56 Å². The Hall–Kier alpha value is -1.84. The Kier molecular flexibility index (Phi) is 3.36. The second-order valence-corrected chi connectivity index (χ2v) is 4.02. The summed E-state index contributed by atoms with van der Waals surface area (Å²) in [5, 5.41) is 0. The zero-order valence-electron chi connectivity index (χ0n) is 9.61. The number of hydrogen-bond acceptors (Lipinski definition) is 0. The lowest BCUT2D eigenvalue weighted by molar-refractivity contribution is 0.401. The van der Waals surface area contributed by atoms with Crippen molar-refractivity contribution < 1.29 is 17.6 Å². The number of halogens is 4. The molecule has 18 heavy (non-hydrogen) atoms. The van der Waals surface area contributed by atoms with Crippen molar-refractivity contribution in [3.8, 4) is 0 Å². The van der Waals surface area contributed by atoms with Crippen LogP contribution in [0.4, 0.5) is 17.6 Å². The standard InChI is InChI=1S/C14H10F4/c1-8-10(7-9-5-3-2-4-6-9)12(16)14(18)13(17)11(8)15/h2-6H,7H2,1H3. The molecule has 2 rings (SSSR count). The Morgan fingerprint density at radius 3 is 1.94 bits per heavy atom. The van der Waals surface area contributed by atoms with Crippen LogP contribution in [0, 0.1) is 30.2 Å². The molecule has 0 saturated carbocycles. The second-order valence-electron chi connectivity index (χ2n) is 4.02. The molecule has 0 amide bonds. The Morgan fingerprint density at radius 2 is 1.33 bits per heavy atom. The van der Waals surface area contributed by atoms with Crippen molar-refractivity contribution >= 4 is 0 Å². The smallest absolute Gasteiger partial charge is 0.197 e. The molecular weight excluding hydrogens is 244 g/mol. The maximum Gasteiger partial charge on any atom is 0.197 e. The van der Waals surface area contributed by atoms with Gasteiger partial charge in [-0.1, -0.05) is 30.3 Å². The minimum atomic E-state index is -1.76. The molecule has 0 heterocycles. The Labute approximate surface area is 102 Å². The van der Waals surface area contributed by atoms with Crippen molar-refractivity contribution in [1.29, 1.82) is 0 Å². The summed E-state index contributed by atoms with van der Waals surface area (Å²) in [4.78, 5) is 0. The van der Waals surface area contributed by atoms with Crippen molar-refractivity contribution in [2.75, 3.05) is 0 Å². The fourth-order valence-electron chi connectivity index (χ4n) is 1.80. The maximum absolute atomic E-state index is 13.6. The van der Waals surface area contributed by atoms with Crippen LogP contribution in [-0.2, 0) is 6.42 Å². The fourth-order valence-corrected chi connectivity index (χ4v) is 1.80. The van der Waals surface area contributed by atoms with Gasteiger partial charge in [0.2, 0.25) is 0 Å². The molecule has 0 aliphatic heterocycles. The van der Waals surface area contributed by atoms with Crippen LogP contribution < -0.4 is 0 Å². The highest BCUT2D eigenvalue weighted by Gasteiger charge is 2.22. The third-order valence-corrected chi connectivity index (χ3v) is 2.85. The van der Waals surface area contributed by atoms with Crippen LogP contribution in [0.2, 0.25) is 0 Å². The molecule has 4 heteroatoms. The number of rotatable bonds is 2. The van der Waals surface area contributed by atoms with Crippen LogP contribution in [0.1, 0.15) is 16.7 Å². The molecule has 0 saturated heterocycles. The Bertz CT molecular complexity index is 547. The molecule has 0 radical (unpaired) electrons. The van der Waals surface area contributed by atoms with Gasteiger partial charge in [-0.15, -0.1) is 0 Å². The first-order valence-electron chi connectivity index (χ1n) is 5.37. The average molecular weight is 254 g/mol. The molecule has 0 bridgehead atoms. The minimum absolute atomic E-state index is 0.0205. The fraction of sp³-hybridized carbons (Fsp3) is 0.143. The highest BCUT2D eigenvalue weighted by molar-refractivity contribution is 5.35. The van der Waals surface area contributed by atoms with E-state index in [0.717, 1.165) is 0 Å². The normalized spacial score (nSPS) is 10.7. The summed E-state index contributed by atoms with van der Waals surface area (Å²) in [6.45, 7) is 1.24. The highest BCUT2D eigenvalue weighted by atomic mass is 19.2. The van der Waals surface area contributed by atoms with E-state index >= 15 is 0 Å². The summed E-state index contributed by atoms with van der Waals surface area (Å²) < 4.78 is 53.1. The van der Waals surface area contributed by atoms with Gasteiger partial charge in [-0.2, -0.15) is 0 Å². The molecular formula is C14H10F4. The molecule has 94 valence electrons. The lowest BCUT2D eigenvalue weighted by Crippen LogP contribution is -2.06. The molecule has 0 fully saturated rings. The van der Waals surface area contributed by atoms with E-state index in [-0.39, 0.29) is 17.5 Å². The van der Waals surface area contributed by atoms with E-state index in [4.69, 9.17) is 0 Å². The zero-order valence-corrected chi connectivity index (χ0v) is 9.61. The van der Waals surface area contributed by atoms with Crippen LogP contribution in [0.15, 0.2) is 30.3 Å². The van der Waals surface area contributed by atoms with Crippen molar-refractivity contribution in [3.05, 3.63) is 70.3 Å². The molecule has 0 nitrogen and oxygen atoms in total. The number of hydrogen-bond donors (Lipinski definition) is 0. The summed E-state index contributed by atoms with van der Waals surface area (Å²) in [6, 6.07) is 8.66. The molecule has 2 aromatic carbocycles. The van der Waals surface area contributed by atoms with Gasteiger partial charge in [-0.05, 0) is 18.1 Å². The van der Waals surface area contributed by atoms with E-state index in [1.54, 1.807) is 30.3 Å². The largest absolute Gasteiger partial charge is 0.203 e. The van der Waals surface area contributed by atoms with E-state index in [2.05, 4.69) is 0 Å². The molecule has 0 aliphatic carbocycles. The molecule has 0 spiro atoms. The van der Waals surface area contributed by atoms with Gasteiger partial charge in [0.05, 0.1) is 0 Å². The van der Waals surface area contributed by atoms with E-state index in [1.807, 2.05) is 0 Å².